The highest BCUT2D eigenvalue weighted by molar-refractivity contribution is 7.61. The molecule has 11 atom stereocenters. The minimum atomic E-state index is -5.60. The summed E-state index contributed by atoms with van der Waals surface area (Å²) in [7, 11) is -11.1. The van der Waals surface area contributed by atoms with Crippen LogP contribution in [-0.4, -0.2) is 112 Å². The molecular weight excluding hydrogens is 554 g/mol. The number of hydrogen-bond acceptors (Lipinski definition) is 15. The maximum atomic E-state index is 12.2. The number of aryl methyl sites for hydroxylation is 1. The smallest absolute Gasteiger partial charge is 0.394 e. The van der Waals surface area contributed by atoms with E-state index in [0.717, 1.165) is 10.8 Å². The van der Waals surface area contributed by atoms with E-state index in [1.807, 2.05) is 4.98 Å². The Hall–Kier alpha value is -1.38. The summed E-state index contributed by atoms with van der Waals surface area (Å²) in [6, 6.07) is 0. The van der Waals surface area contributed by atoms with Crippen molar-refractivity contribution in [3.05, 3.63) is 32.6 Å². The highest BCUT2D eigenvalue weighted by atomic mass is 31.3. The number of H-pyrrole nitrogens is 1. The zero-order valence-corrected chi connectivity index (χ0v) is 20.6. The van der Waals surface area contributed by atoms with Gasteiger partial charge in [0, 0.05) is 11.8 Å². The van der Waals surface area contributed by atoms with Crippen LogP contribution in [0.2, 0.25) is 0 Å². The van der Waals surface area contributed by atoms with Gasteiger partial charge in [0.25, 0.3) is 5.56 Å². The van der Waals surface area contributed by atoms with Gasteiger partial charge in [0.05, 0.1) is 13.2 Å². The number of rotatable bonds is 9. The van der Waals surface area contributed by atoms with Crippen molar-refractivity contribution in [2.24, 2.45) is 0 Å². The summed E-state index contributed by atoms with van der Waals surface area (Å²) < 4.78 is 48.3. The molecule has 2 aliphatic heterocycles. The average molecular weight is 580 g/mol. The fraction of sp³-hybridized carbons (Fsp3) is 0.750. The van der Waals surface area contributed by atoms with Crippen LogP contribution < -0.4 is 11.2 Å². The maximum absolute atomic E-state index is 12.2. The first-order valence-electron chi connectivity index (χ1n) is 10.4. The average Bonchev–Trinajstić information content (AvgIpc) is 3.08. The van der Waals surface area contributed by atoms with Gasteiger partial charge in [0.2, 0.25) is 0 Å². The SMILES string of the molecule is Cc1cn([C@@H]2O[C@H](COP(=O)(O)OP(=O)(O)O[C@H]3O[C@H](CO)[C@@H](O)[C@H](O)[C@H]3O)[C@@H](O)[C@H]2O)c(=O)[nH]c1=O. The van der Waals surface area contributed by atoms with Crippen molar-refractivity contribution >= 4 is 15.6 Å². The molecule has 212 valence electrons. The Labute approximate surface area is 206 Å². The van der Waals surface area contributed by atoms with Gasteiger partial charge in [0.1, 0.15) is 42.7 Å². The van der Waals surface area contributed by atoms with Crippen LogP contribution in [0, 0.1) is 6.92 Å². The van der Waals surface area contributed by atoms with Crippen LogP contribution >= 0.6 is 15.6 Å². The molecule has 2 aliphatic rings. The number of aromatic nitrogens is 2. The lowest BCUT2D eigenvalue weighted by molar-refractivity contribution is -0.280. The second-order valence-electron chi connectivity index (χ2n) is 8.14. The van der Waals surface area contributed by atoms with Crippen LogP contribution in [0.3, 0.4) is 0 Å². The molecule has 37 heavy (non-hydrogen) atoms. The number of aliphatic hydroxyl groups is 6. The summed E-state index contributed by atoms with van der Waals surface area (Å²) in [5.41, 5.74) is -1.63. The molecule has 0 aliphatic carbocycles. The Morgan fingerprint density at radius 1 is 0.946 bits per heavy atom. The third kappa shape index (κ3) is 6.80. The molecule has 3 heterocycles. The summed E-state index contributed by atoms with van der Waals surface area (Å²) in [6.45, 7) is -0.574. The van der Waals surface area contributed by atoms with Crippen LogP contribution in [0.15, 0.2) is 15.8 Å². The Morgan fingerprint density at radius 2 is 1.57 bits per heavy atom. The van der Waals surface area contributed by atoms with Gasteiger partial charge in [-0.05, 0) is 6.92 Å². The zero-order chi connectivity index (χ0) is 27.9. The van der Waals surface area contributed by atoms with E-state index in [0.29, 0.717) is 0 Å². The van der Waals surface area contributed by atoms with Gasteiger partial charge >= 0.3 is 21.3 Å². The molecule has 3 rings (SSSR count). The monoisotopic (exact) mass is 580 g/mol. The summed E-state index contributed by atoms with van der Waals surface area (Å²) in [5, 5.41) is 58.8. The van der Waals surface area contributed by atoms with Crippen LogP contribution in [0.5, 0.6) is 0 Å². The fourth-order valence-electron chi connectivity index (χ4n) is 3.50. The molecule has 2 unspecified atom stereocenters. The van der Waals surface area contributed by atoms with Gasteiger partial charge in [-0.3, -0.25) is 23.4 Å². The van der Waals surface area contributed by atoms with Crippen LogP contribution in [0.1, 0.15) is 11.8 Å². The normalized spacial score (nSPS) is 37.7. The maximum Gasteiger partial charge on any atom is 0.483 e. The third-order valence-corrected chi connectivity index (χ3v) is 8.05. The number of phosphoric ester groups is 2. The van der Waals surface area contributed by atoms with Gasteiger partial charge in [-0.25, -0.2) is 13.9 Å². The van der Waals surface area contributed by atoms with Crippen molar-refractivity contribution in [1.82, 2.24) is 9.55 Å². The molecule has 0 amide bonds. The molecule has 2 fully saturated rings. The molecule has 0 spiro atoms. The molecule has 0 saturated carbocycles. The van der Waals surface area contributed by atoms with Crippen molar-refractivity contribution in [2.75, 3.05) is 13.2 Å². The molecule has 19 nitrogen and oxygen atoms in total. The molecule has 0 radical (unpaired) electrons. The van der Waals surface area contributed by atoms with Crippen molar-refractivity contribution in [2.45, 2.75) is 62.2 Å². The lowest BCUT2D eigenvalue weighted by Crippen LogP contribution is -2.58. The van der Waals surface area contributed by atoms with Gasteiger partial charge in [-0.15, -0.1) is 0 Å². The van der Waals surface area contributed by atoms with Crippen LogP contribution in [0.4, 0.5) is 0 Å². The van der Waals surface area contributed by atoms with Crippen molar-refractivity contribution in [3.63, 3.8) is 0 Å². The summed E-state index contributed by atoms with van der Waals surface area (Å²) >= 11 is 0. The second kappa shape index (κ2) is 11.4. The summed E-state index contributed by atoms with van der Waals surface area (Å²) in [4.78, 5) is 45.1. The quantitative estimate of drug-likeness (QED) is 0.124. The largest absolute Gasteiger partial charge is 0.483 e. The number of aliphatic hydroxyl groups excluding tert-OH is 6. The first-order chi connectivity index (χ1) is 17.1. The predicted molar refractivity (Wildman–Crippen MR) is 114 cm³/mol. The number of nitrogens with zero attached hydrogens (tertiary/aromatic N) is 1. The van der Waals surface area contributed by atoms with E-state index in [1.165, 1.54) is 6.92 Å². The van der Waals surface area contributed by atoms with Crippen molar-refractivity contribution in [3.8, 4) is 0 Å². The van der Waals surface area contributed by atoms with Gasteiger partial charge < -0.3 is 49.9 Å². The van der Waals surface area contributed by atoms with E-state index >= 15 is 0 Å². The number of aromatic amines is 1. The van der Waals surface area contributed by atoms with E-state index < -0.39 is 95.4 Å². The zero-order valence-electron chi connectivity index (χ0n) is 18.8. The molecule has 21 heteroatoms. The molecule has 9 N–H and O–H groups in total. The first kappa shape index (κ1) is 30.2. The van der Waals surface area contributed by atoms with E-state index in [4.69, 9.17) is 14.6 Å². The highest BCUT2D eigenvalue weighted by Gasteiger charge is 2.49. The number of hydrogen-bond donors (Lipinski definition) is 9. The van der Waals surface area contributed by atoms with E-state index in [2.05, 4.69) is 13.4 Å². The Balaban J connectivity index is 1.63. The van der Waals surface area contributed by atoms with Crippen LogP contribution in [-0.2, 0) is 32.0 Å². The van der Waals surface area contributed by atoms with Gasteiger partial charge in [-0.1, -0.05) is 0 Å². The minimum absolute atomic E-state index is 0.0657. The van der Waals surface area contributed by atoms with Crippen LogP contribution in [0.25, 0.3) is 0 Å². The molecule has 0 aromatic carbocycles. The third-order valence-electron chi connectivity index (χ3n) is 5.45. The topological polar surface area (TPSA) is 297 Å². The molecule has 0 bridgehead atoms. The standard InChI is InChI=1S/C16H26N2O17P2/c1-5-2-18(16(26)17-13(5)25)14-11(23)9(21)7(32-14)4-31-36(27,28)35-37(29,30)34-15-12(24)10(22)8(20)6(3-19)33-15/h2,6-12,14-15,19-24H,3-4H2,1H3,(H,27,28)(H,29,30)(H,17,25,26)/t6-,7-,8-,9-,10+,11-,12-,14-,15-/m1/s1. The minimum Gasteiger partial charge on any atom is -0.394 e. The Bertz CT molecular complexity index is 1170. The highest BCUT2D eigenvalue weighted by Crippen LogP contribution is 2.61. The van der Waals surface area contributed by atoms with Crippen molar-refractivity contribution in [1.29, 1.82) is 0 Å². The van der Waals surface area contributed by atoms with E-state index in [-0.39, 0.29) is 5.56 Å². The van der Waals surface area contributed by atoms with Crippen molar-refractivity contribution < 1.29 is 72.4 Å². The van der Waals surface area contributed by atoms with E-state index in [9.17, 15) is 54.0 Å². The fourth-order valence-corrected chi connectivity index (χ4v) is 5.66. The molecule has 1 aromatic rings. The second-order valence-corrected chi connectivity index (χ2v) is 11.1. The lowest BCUT2D eigenvalue weighted by atomic mass is 10.00. The molecule has 1 aromatic heterocycles. The number of phosphoric acid groups is 2. The molecular formula is C16H26N2O17P2. The Kier molecular flexibility index (Phi) is 9.28. The number of ether oxygens (including phenoxy) is 2. The predicted octanol–water partition coefficient (Wildman–Crippen LogP) is -4.49. The summed E-state index contributed by atoms with van der Waals surface area (Å²) in [5.74, 6) is 0. The van der Waals surface area contributed by atoms with Gasteiger partial charge in [-0.2, -0.15) is 4.31 Å². The summed E-state index contributed by atoms with van der Waals surface area (Å²) in [6.07, 6.45) is -15.3. The van der Waals surface area contributed by atoms with E-state index in [1.54, 1.807) is 0 Å². The molecule has 2 saturated heterocycles. The lowest BCUT2D eigenvalue weighted by Gasteiger charge is -2.39. The number of nitrogens with one attached hydrogen (secondary N) is 1. The first-order valence-corrected chi connectivity index (χ1v) is 13.4. The van der Waals surface area contributed by atoms with Gasteiger partial charge in [0.15, 0.2) is 12.5 Å². The Morgan fingerprint density at radius 3 is 2.19 bits per heavy atom.